The zero-order valence-electron chi connectivity index (χ0n) is 40.0. The maximum atomic E-state index is 6.73. The van der Waals surface area contributed by atoms with Crippen LogP contribution in [0, 0.1) is 12.1 Å². The van der Waals surface area contributed by atoms with Crippen LogP contribution in [0.2, 0.25) is 0 Å². The number of pyridine rings is 1. The van der Waals surface area contributed by atoms with Crippen LogP contribution in [-0.4, -0.2) is 24.5 Å². The predicted molar refractivity (Wildman–Crippen MR) is 280 cm³/mol. The second-order valence-corrected chi connectivity index (χ2v) is 19.0. The molecule has 0 unspecified atom stereocenters. The summed E-state index contributed by atoms with van der Waals surface area (Å²) in [6.45, 7) is 15.5. The first-order valence-electron chi connectivity index (χ1n) is 23.4. The zero-order valence-corrected chi connectivity index (χ0v) is 42.3. The summed E-state index contributed by atoms with van der Waals surface area (Å²) in [5, 5.41) is 2.15. The Kier molecular flexibility index (Phi) is 13.4. The zero-order chi connectivity index (χ0) is 46.9. The Bertz CT molecular complexity index is 3510. The Labute approximate surface area is 418 Å². The molecule has 0 saturated carbocycles. The van der Waals surface area contributed by atoms with Gasteiger partial charge in [-0.2, -0.15) is 0 Å². The summed E-state index contributed by atoms with van der Waals surface area (Å²) in [4.78, 5) is 18.7. The fourth-order valence-electron chi connectivity index (χ4n) is 8.93. The number of para-hydroxylation sites is 2. The van der Waals surface area contributed by atoms with Gasteiger partial charge in [0.25, 0.3) is 0 Å². The van der Waals surface area contributed by atoms with E-state index in [-0.39, 0.29) is 37.4 Å². The molecule has 0 aliphatic heterocycles. The third-order valence-electron chi connectivity index (χ3n) is 12.5. The average Bonchev–Trinajstić information content (AvgIpc) is 3.95. The van der Waals surface area contributed by atoms with E-state index in [4.69, 9.17) is 9.40 Å². The maximum Gasteiger partial charge on any atom is 0.133 e. The van der Waals surface area contributed by atoms with E-state index in [0.717, 1.165) is 78.1 Å². The van der Waals surface area contributed by atoms with E-state index < -0.39 is 0 Å². The van der Waals surface area contributed by atoms with Gasteiger partial charge >= 0.3 is 0 Å². The van der Waals surface area contributed by atoms with Crippen molar-refractivity contribution < 1.29 is 24.5 Å². The summed E-state index contributed by atoms with van der Waals surface area (Å²) >= 11 is 0. The van der Waals surface area contributed by atoms with E-state index in [1.807, 2.05) is 67.1 Å². The Morgan fingerprint density at radius 3 is 1.84 bits per heavy atom. The molecule has 0 saturated heterocycles. The van der Waals surface area contributed by atoms with Crippen molar-refractivity contribution in [3.63, 3.8) is 0 Å². The van der Waals surface area contributed by atoms with Gasteiger partial charge in [-0.15, -0.1) is 54.1 Å². The van der Waals surface area contributed by atoms with Crippen LogP contribution in [0.25, 0.3) is 94.7 Å². The number of imidazole rings is 1. The molecule has 0 N–H and O–H groups in total. The van der Waals surface area contributed by atoms with Gasteiger partial charge in [0.15, 0.2) is 0 Å². The molecule has 0 spiro atoms. The summed E-state index contributed by atoms with van der Waals surface area (Å²) < 4.78 is 9.10. The smallest absolute Gasteiger partial charge is 0.133 e. The van der Waals surface area contributed by atoms with Gasteiger partial charge in [0.2, 0.25) is 0 Å². The van der Waals surface area contributed by atoms with Gasteiger partial charge in [0.1, 0.15) is 11.4 Å². The standard InChI is InChI=1S/C43H35N2O.C19H18N3.Ir/c1-27(2)36-24-32(30-16-9-6-10-17-30)25-37(28(3)4)41(36)45-39-21-12-11-20-38(39)44-43(45)35-19-13-18-34-33-23-22-31(26-40(33)46-42(34)35)29-14-7-5-8-15-29;1-19(2,3)18-21-12-16(13-22-18)15-9-10-20-17(11-15)14-7-5-4-6-8-14;/h5-18,20-28H,1-4H3;4-7,9-13H,1-3H3;/q2*-1;. The van der Waals surface area contributed by atoms with Crippen LogP contribution >= 0.6 is 0 Å². The van der Waals surface area contributed by atoms with E-state index in [1.165, 1.54) is 33.5 Å². The SMILES string of the molecule is CC(C)(C)c1ncc(-c2ccnc(-c3[c-]cccc3)c2)cn1.CC(C)c1cc(-c2ccccc2)cc(C(C)C)c1-n1c(-c2[c-]ccc3c2oc2cc(-c4ccccc4)ccc23)nc2ccccc21.[Ir]. The molecule has 6 nitrogen and oxygen atoms in total. The minimum absolute atomic E-state index is 0. The molecular weight excluding hydrogens is 1020 g/mol. The number of hydrogen-bond donors (Lipinski definition) is 0. The first kappa shape index (κ1) is 46.8. The van der Waals surface area contributed by atoms with Crippen molar-refractivity contribution in [3.8, 4) is 61.7 Å². The van der Waals surface area contributed by atoms with Gasteiger partial charge in [-0.25, -0.2) is 9.97 Å². The van der Waals surface area contributed by atoms with Crippen molar-refractivity contribution in [1.29, 1.82) is 0 Å². The van der Waals surface area contributed by atoms with Crippen LogP contribution in [0.3, 0.4) is 0 Å². The largest absolute Gasteiger partial charge is 0.501 e. The number of aromatic nitrogens is 5. The third-order valence-corrected chi connectivity index (χ3v) is 12.5. The molecule has 4 heterocycles. The van der Waals surface area contributed by atoms with E-state index in [1.54, 1.807) is 0 Å². The fraction of sp³-hybridized carbons (Fsp3) is 0.161. The van der Waals surface area contributed by atoms with Crippen LogP contribution in [0.1, 0.15) is 77.3 Å². The molecule has 1 radical (unpaired) electrons. The molecule has 4 aromatic heterocycles. The topological polar surface area (TPSA) is 69.6 Å². The monoisotopic (exact) mass is 1080 g/mol. The molecule has 69 heavy (non-hydrogen) atoms. The van der Waals surface area contributed by atoms with Crippen molar-refractivity contribution in [2.75, 3.05) is 0 Å². The minimum atomic E-state index is -0.0407. The molecule has 0 atom stereocenters. The van der Waals surface area contributed by atoms with Gasteiger partial charge in [0, 0.05) is 60.7 Å². The number of nitrogens with zero attached hydrogens (tertiary/aromatic N) is 5. The summed E-state index contributed by atoms with van der Waals surface area (Å²) in [7, 11) is 0. The summed E-state index contributed by atoms with van der Waals surface area (Å²) in [5.41, 5.74) is 17.0. The number of furan rings is 1. The van der Waals surface area contributed by atoms with Crippen molar-refractivity contribution in [2.45, 2.75) is 65.7 Å². The Morgan fingerprint density at radius 1 is 0.551 bits per heavy atom. The first-order valence-corrected chi connectivity index (χ1v) is 23.4. The van der Waals surface area contributed by atoms with E-state index in [2.05, 4.69) is 195 Å². The molecular formula is C62H53IrN5O-2. The second-order valence-electron chi connectivity index (χ2n) is 19.0. The van der Waals surface area contributed by atoms with E-state index >= 15 is 0 Å². The molecule has 0 fully saturated rings. The van der Waals surface area contributed by atoms with Crippen molar-refractivity contribution in [1.82, 2.24) is 24.5 Å². The molecule has 0 aliphatic rings. The fourth-order valence-corrected chi connectivity index (χ4v) is 8.93. The summed E-state index contributed by atoms with van der Waals surface area (Å²) in [5.74, 6) is 2.26. The third kappa shape index (κ3) is 9.46. The van der Waals surface area contributed by atoms with Gasteiger partial charge in [-0.05, 0) is 92.9 Å². The molecule has 0 aliphatic carbocycles. The number of hydrogen-bond acceptors (Lipinski definition) is 5. The second kappa shape index (κ2) is 19.7. The minimum Gasteiger partial charge on any atom is -0.501 e. The molecule has 343 valence electrons. The Hall–Kier alpha value is -7.31. The van der Waals surface area contributed by atoms with Crippen molar-refractivity contribution in [2.24, 2.45) is 0 Å². The maximum absolute atomic E-state index is 6.73. The van der Waals surface area contributed by atoms with Crippen molar-refractivity contribution >= 4 is 33.0 Å². The number of fused-ring (bicyclic) bond motifs is 4. The van der Waals surface area contributed by atoms with Crippen LogP contribution in [0.5, 0.6) is 0 Å². The normalized spacial score (nSPS) is 11.6. The summed E-state index contributed by atoms with van der Waals surface area (Å²) in [6.07, 6.45) is 5.56. The average molecular weight is 1080 g/mol. The van der Waals surface area contributed by atoms with Crippen LogP contribution in [-0.2, 0) is 25.5 Å². The Morgan fingerprint density at radius 2 is 1.19 bits per heavy atom. The van der Waals surface area contributed by atoms with Gasteiger partial charge in [-0.3, -0.25) is 4.98 Å². The molecule has 7 aromatic carbocycles. The van der Waals surface area contributed by atoms with Crippen LogP contribution < -0.4 is 0 Å². The van der Waals surface area contributed by atoms with E-state index in [0.29, 0.717) is 0 Å². The van der Waals surface area contributed by atoms with Crippen molar-refractivity contribution in [3.05, 3.63) is 211 Å². The number of benzene rings is 7. The van der Waals surface area contributed by atoms with E-state index in [9.17, 15) is 0 Å². The predicted octanol–water partition coefficient (Wildman–Crippen LogP) is 16.3. The first-order chi connectivity index (χ1) is 33.0. The molecule has 11 aromatic rings. The number of rotatable bonds is 8. The van der Waals surface area contributed by atoms with Crippen LogP contribution in [0.4, 0.5) is 0 Å². The quantitative estimate of drug-likeness (QED) is 0.142. The van der Waals surface area contributed by atoms with Gasteiger partial charge in [0.05, 0.1) is 22.4 Å². The van der Waals surface area contributed by atoms with Crippen LogP contribution in [0.15, 0.2) is 187 Å². The van der Waals surface area contributed by atoms with Gasteiger partial charge < -0.3 is 14.0 Å². The Balaban J connectivity index is 0.000000217. The molecule has 0 bridgehead atoms. The molecule has 7 heteroatoms. The molecule has 0 amide bonds. The molecule has 11 rings (SSSR count). The summed E-state index contributed by atoms with van der Waals surface area (Å²) in [6, 6.07) is 63.5. The van der Waals surface area contributed by atoms with Gasteiger partial charge in [-0.1, -0.05) is 150 Å².